The topological polar surface area (TPSA) is 12.0 Å². The van der Waals surface area contributed by atoms with Crippen molar-refractivity contribution in [1.29, 1.82) is 0 Å². The van der Waals surface area contributed by atoms with Crippen LogP contribution in [-0.4, -0.2) is 13.6 Å². The van der Waals surface area contributed by atoms with Crippen LogP contribution in [-0.2, 0) is 6.42 Å². The summed E-state index contributed by atoms with van der Waals surface area (Å²) in [6, 6.07) is 15.4. The highest BCUT2D eigenvalue weighted by Gasteiger charge is 2.12. The molecule has 0 aliphatic carbocycles. The standard InChI is InChI=1S/C18H25N/c1-14(2)11-15(13-19-3)12-17-9-6-8-16-7-4-5-10-18(16)17/h4-10,14-15,19H,11-13H2,1-3H3. The second kappa shape index (κ2) is 6.72. The molecule has 0 saturated carbocycles. The molecule has 0 saturated heterocycles. The second-order valence-corrected chi connectivity index (χ2v) is 5.90. The van der Waals surface area contributed by atoms with Gasteiger partial charge in [0.05, 0.1) is 0 Å². The summed E-state index contributed by atoms with van der Waals surface area (Å²) in [4.78, 5) is 0. The van der Waals surface area contributed by atoms with Gasteiger partial charge in [-0.1, -0.05) is 56.3 Å². The lowest BCUT2D eigenvalue weighted by molar-refractivity contribution is 0.396. The van der Waals surface area contributed by atoms with Crippen molar-refractivity contribution < 1.29 is 0 Å². The fourth-order valence-electron chi connectivity index (χ4n) is 2.98. The van der Waals surface area contributed by atoms with E-state index in [1.165, 1.54) is 29.2 Å². The fourth-order valence-corrected chi connectivity index (χ4v) is 2.98. The monoisotopic (exact) mass is 255 g/mol. The Kier molecular flexibility index (Phi) is 4.98. The third-order valence-corrected chi connectivity index (χ3v) is 3.69. The van der Waals surface area contributed by atoms with Gasteiger partial charge in [0.2, 0.25) is 0 Å². The molecule has 0 aromatic heterocycles. The Morgan fingerprint density at radius 2 is 1.74 bits per heavy atom. The molecule has 19 heavy (non-hydrogen) atoms. The van der Waals surface area contributed by atoms with Gasteiger partial charge in [-0.05, 0) is 54.6 Å². The first-order valence-corrected chi connectivity index (χ1v) is 7.32. The lowest BCUT2D eigenvalue weighted by Gasteiger charge is -2.19. The molecular weight excluding hydrogens is 230 g/mol. The maximum atomic E-state index is 3.34. The molecule has 1 atom stereocenters. The Bertz CT molecular complexity index is 511. The first-order valence-electron chi connectivity index (χ1n) is 7.32. The van der Waals surface area contributed by atoms with Crippen molar-refractivity contribution in [1.82, 2.24) is 5.32 Å². The highest BCUT2D eigenvalue weighted by atomic mass is 14.8. The minimum atomic E-state index is 0.718. The van der Waals surface area contributed by atoms with Crippen molar-refractivity contribution in [2.24, 2.45) is 11.8 Å². The van der Waals surface area contributed by atoms with Crippen LogP contribution in [0.2, 0.25) is 0 Å². The molecule has 102 valence electrons. The van der Waals surface area contributed by atoms with Crippen LogP contribution in [0.3, 0.4) is 0 Å². The number of hydrogen-bond acceptors (Lipinski definition) is 1. The van der Waals surface area contributed by atoms with E-state index in [9.17, 15) is 0 Å². The van der Waals surface area contributed by atoms with E-state index in [0.717, 1.165) is 18.4 Å². The lowest BCUT2D eigenvalue weighted by atomic mass is 9.89. The molecule has 0 spiro atoms. The van der Waals surface area contributed by atoms with Crippen LogP contribution < -0.4 is 5.32 Å². The van der Waals surface area contributed by atoms with Crippen LogP contribution in [0.1, 0.15) is 25.8 Å². The van der Waals surface area contributed by atoms with Crippen molar-refractivity contribution in [2.45, 2.75) is 26.7 Å². The van der Waals surface area contributed by atoms with Crippen LogP contribution in [0.5, 0.6) is 0 Å². The number of benzene rings is 2. The fraction of sp³-hybridized carbons (Fsp3) is 0.444. The first-order chi connectivity index (χ1) is 9.20. The molecule has 2 aromatic rings. The molecule has 0 fully saturated rings. The van der Waals surface area contributed by atoms with Gasteiger partial charge in [-0.3, -0.25) is 0 Å². The van der Waals surface area contributed by atoms with E-state index in [2.05, 4.69) is 68.7 Å². The second-order valence-electron chi connectivity index (χ2n) is 5.90. The summed E-state index contributed by atoms with van der Waals surface area (Å²) in [6.07, 6.45) is 2.45. The number of hydrogen-bond donors (Lipinski definition) is 1. The van der Waals surface area contributed by atoms with E-state index in [4.69, 9.17) is 0 Å². The molecule has 0 aliphatic rings. The highest BCUT2D eigenvalue weighted by molar-refractivity contribution is 5.85. The first kappa shape index (κ1) is 14.1. The van der Waals surface area contributed by atoms with Crippen molar-refractivity contribution in [2.75, 3.05) is 13.6 Å². The van der Waals surface area contributed by atoms with Gasteiger partial charge in [0.15, 0.2) is 0 Å². The van der Waals surface area contributed by atoms with E-state index in [-0.39, 0.29) is 0 Å². The summed E-state index contributed by atoms with van der Waals surface area (Å²) in [5, 5.41) is 6.11. The number of nitrogens with one attached hydrogen (secondary N) is 1. The van der Waals surface area contributed by atoms with Gasteiger partial charge in [-0.25, -0.2) is 0 Å². The quantitative estimate of drug-likeness (QED) is 0.813. The highest BCUT2D eigenvalue weighted by Crippen LogP contribution is 2.23. The average molecular weight is 255 g/mol. The van der Waals surface area contributed by atoms with Crippen LogP contribution in [0, 0.1) is 11.8 Å². The predicted molar refractivity (Wildman–Crippen MR) is 84.5 cm³/mol. The molecule has 1 heteroatoms. The molecule has 2 rings (SSSR count). The van der Waals surface area contributed by atoms with Crippen molar-refractivity contribution >= 4 is 10.8 Å². The van der Waals surface area contributed by atoms with E-state index in [1.54, 1.807) is 0 Å². The zero-order chi connectivity index (χ0) is 13.7. The lowest BCUT2D eigenvalue weighted by Crippen LogP contribution is -2.22. The maximum Gasteiger partial charge on any atom is -0.00202 e. The minimum absolute atomic E-state index is 0.718. The molecule has 0 radical (unpaired) electrons. The van der Waals surface area contributed by atoms with Crippen LogP contribution in [0.4, 0.5) is 0 Å². The Balaban J connectivity index is 2.23. The summed E-state index contributed by atoms with van der Waals surface area (Å²) < 4.78 is 0. The largest absolute Gasteiger partial charge is 0.319 e. The van der Waals surface area contributed by atoms with Gasteiger partial charge >= 0.3 is 0 Å². The summed E-state index contributed by atoms with van der Waals surface area (Å²) in [5.74, 6) is 1.48. The molecule has 0 bridgehead atoms. The molecule has 1 N–H and O–H groups in total. The molecule has 0 amide bonds. The molecule has 0 aliphatic heterocycles. The SMILES string of the molecule is CNCC(Cc1cccc2ccccc12)CC(C)C. The summed E-state index contributed by atoms with van der Waals surface area (Å²) in [6.45, 7) is 5.72. The van der Waals surface area contributed by atoms with E-state index >= 15 is 0 Å². The van der Waals surface area contributed by atoms with Crippen molar-refractivity contribution in [3.63, 3.8) is 0 Å². The van der Waals surface area contributed by atoms with E-state index < -0.39 is 0 Å². The Morgan fingerprint density at radius 3 is 2.47 bits per heavy atom. The van der Waals surface area contributed by atoms with Gasteiger partial charge in [-0.2, -0.15) is 0 Å². The van der Waals surface area contributed by atoms with Crippen LogP contribution in [0.25, 0.3) is 10.8 Å². The molecule has 0 heterocycles. The molecular formula is C18H25N. The van der Waals surface area contributed by atoms with E-state index in [1.807, 2.05) is 0 Å². The van der Waals surface area contributed by atoms with Crippen LogP contribution >= 0.6 is 0 Å². The van der Waals surface area contributed by atoms with Crippen LogP contribution in [0.15, 0.2) is 42.5 Å². The summed E-state index contributed by atoms with van der Waals surface area (Å²) in [5.41, 5.74) is 1.49. The van der Waals surface area contributed by atoms with Crippen molar-refractivity contribution in [3.8, 4) is 0 Å². The third-order valence-electron chi connectivity index (χ3n) is 3.69. The Labute approximate surface area is 117 Å². The summed E-state index contributed by atoms with van der Waals surface area (Å²) >= 11 is 0. The Hall–Kier alpha value is -1.34. The molecule has 2 aromatic carbocycles. The molecule has 1 unspecified atom stereocenters. The average Bonchev–Trinajstić information content (AvgIpc) is 2.39. The molecule has 1 nitrogen and oxygen atoms in total. The maximum absolute atomic E-state index is 3.34. The van der Waals surface area contributed by atoms with Gasteiger partial charge < -0.3 is 5.32 Å². The van der Waals surface area contributed by atoms with Gasteiger partial charge in [0, 0.05) is 0 Å². The number of fused-ring (bicyclic) bond motifs is 1. The zero-order valence-electron chi connectivity index (χ0n) is 12.3. The van der Waals surface area contributed by atoms with E-state index in [0.29, 0.717) is 0 Å². The van der Waals surface area contributed by atoms with Gasteiger partial charge in [0.1, 0.15) is 0 Å². The zero-order valence-corrected chi connectivity index (χ0v) is 12.3. The predicted octanol–water partition coefficient (Wildman–Crippen LogP) is 4.26. The summed E-state index contributed by atoms with van der Waals surface area (Å²) in [7, 11) is 2.05. The Morgan fingerprint density at radius 1 is 1.00 bits per heavy atom. The number of rotatable bonds is 6. The third kappa shape index (κ3) is 3.81. The minimum Gasteiger partial charge on any atom is -0.319 e. The van der Waals surface area contributed by atoms with Gasteiger partial charge in [-0.15, -0.1) is 0 Å². The smallest absolute Gasteiger partial charge is 0.00202 e. The van der Waals surface area contributed by atoms with Gasteiger partial charge in [0.25, 0.3) is 0 Å². The normalized spacial score (nSPS) is 13.1. The van der Waals surface area contributed by atoms with Crippen molar-refractivity contribution in [3.05, 3.63) is 48.0 Å².